The van der Waals surface area contributed by atoms with Crippen LogP contribution in [0.1, 0.15) is 5.56 Å². The molecule has 2 rings (SSSR count). The molecule has 0 saturated carbocycles. The molecule has 13 heavy (non-hydrogen) atoms. The Labute approximate surface area is 81.1 Å². The minimum absolute atomic E-state index is 0.749. The van der Waals surface area contributed by atoms with Crippen LogP contribution >= 0.6 is 11.3 Å². The predicted molar refractivity (Wildman–Crippen MR) is 56.7 cm³/mol. The van der Waals surface area contributed by atoms with Crippen molar-refractivity contribution in [2.45, 2.75) is 6.92 Å². The average Bonchev–Trinajstić information content (AvgIpc) is 2.56. The van der Waals surface area contributed by atoms with Crippen molar-refractivity contribution in [1.29, 1.82) is 0 Å². The number of nitrogens with zero attached hydrogens (tertiary/aromatic N) is 1. The van der Waals surface area contributed by atoms with Gasteiger partial charge in [0.15, 0.2) is 0 Å². The molecule has 2 heterocycles. The molecular weight excluding hydrogens is 180 g/mol. The van der Waals surface area contributed by atoms with E-state index in [9.17, 15) is 0 Å². The Balaban J connectivity index is 2.53. The molecule has 0 unspecified atom stereocenters. The maximum absolute atomic E-state index is 5.85. The second kappa shape index (κ2) is 3.18. The lowest BCUT2D eigenvalue weighted by atomic mass is 10.1. The van der Waals surface area contributed by atoms with Gasteiger partial charge in [-0.1, -0.05) is 0 Å². The fraction of sp³-hybridized carbons (Fsp3) is 0.100. The molecule has 0 amide bonds. The zero-order valence-corrected chi connectivity index (χ0v) is 8.14. The summed E-state index contributed by atoms with van der Waals surface area (Å²) in [6.07, 6.45) is 1.84. The third-order valence-electron chi connectivity index (χ3n) is 1.85. The molecule has 0 aliphatic carbocycles. The van der Waals surface area contributed by atoms with Gasteiger partial charge in [-0.25, -0.2) is 0 Å². The number of hydrogen-bond donors (Lipinski definition) is 1. The summed E-state index contributed by atoms with van der Waals surface area (Å²) in [5.74, 6) is 0. The highest BCUT2D eigenvalue weighted by molar-refractivity contribution is 7.08. The lowest BCUT2D eigenvalue weighted by Gasteiger charge is -2.02. The van der Waals surface area contributed by atoms with Gasteiger partial charge in [0.25, 0.3) is 0 Å². The summed E-state index contributed by atoms with van der Waals surface area (Å²) < 4.78 is 0. The third kappa shape index (κ3) is 1.55. The predicted octanol–water partition coefficient (Wildman–Crippen LogP) is 2.70. The van der Waals surface area contributed by atoms with Crippen molar-refractivity contribution in [3.63, 3.8) is 0 Å². The standard InChI is InChI=1S/C10H10N2S/c1-7-4-9(11)10(12-5-7)8-2-3-13-6-8/h2-6H,11H2,1H3. The number of aromatic nitrogens is 1. The van der Waals surface area contributed by atoms with Crippen molar-refractivity contribution >= 4 is 17.0 Å². The highest BCUT2D eigenvalue weighted by atomic mass is 32.1. The second-order valence-corrected chi connectivity index (χ2v) is 3.74. The van der Waals surface area contributed by atoms with E-state index < -0.39 is 0 Å². The zero-order chi connectivity index (χ0) is 9.26. The van der Waals surface area contributed by atoms with Crippen LogP contribution in [0, 0.1) is 6.92 Å². The van der Waals surface area contributed by atoms with Gasteiger partial charge in [0.2, 0.25) is 0 Å². The van der Waals surface area contributed by atoms with Crippen molar-refractivity contribution in [3.05, 3.63) is 34.7 Å². The summed E-state index contributed by atoms with van der Waals surface area (Å²) in [6, 6.07) is 3.97. The van der Waals surface area contributed by atoms with Crippen LogP contribution in [0.15, 0.2) is 29.1 Å². The van der Waals surface area contributed by atoms with Gasteiger partial charge >= 0.3 is 0 Å². The molecule has 0 saturated heterocycles. The molecule has 0 bridgehead atoms. The maximum atomic E-state index is 5.85. The lowest BCUT2D eigenvalue weighted by Crippen LogP contribution is -1.93. The van der Waals surface area contributed by atoms with Gasteiger partial charge < -0.3 is 5.73 Å². The first kappa shape index (κ1) is 8.26. The number of hydrogen-bond acceptors (Lipinski definition) is 3. The Morgan fingerprint density at radius 3 is 2.92 bits per heavy atom. The van der Waals surface area contributed by atoms with Crippen LogP contribution in [-0.2, 0) is 0 Å². The van der Waals surface area contributed by atoms with Crippen LogP contribution in [0.3, 0.4) is 0 Å². The number of pyridine rings is 1. The monoisotopic (exact) mass is 190 g/mol. The number of nitrogens with two attached hydrogens (primary N) is 1. The minimum atomic E-state index is 0.749. The molecule has 0 aromatic carbocycles. The molecule has 0 fully saturated rings. The molecular formula is C10H10N2S. The maximum Gasteiger partial charge on any atom is 0.0939 e. The SMILES string of the molecule is Cc1cnc(-c2ccsc2)c(N)c1. The van der Waals surface area contributed by atoms with Crippen LogP contribution < -0.4 is 5.73 Å². The number of aryl methyl sites for hydroxylation is 1. The fourth-order valence-corrected chi connectivity index (χ4v) is 1.87. The van der Waals surface area contributed by atoms with Gasteiger partial charge in [0.05, 0.1) is 11.4 Å². The van der Waals surface area contributed by atoms with Crippen molar-refractivity contribution in [1.82, 2.24) is 4.98 Å². The van der Waals surface area contributed by atoms with Crippen molar-refractivity contribution in [2.75, 3.05) is 5.73 Å². The van der Waals surface area contributed by atoms with Crippen LogP contribution in [-0.4, -0.2) is 4.98 Å². The lowest BCUT2D eigenvalue weighted by molar-refractivity contribution is 1.28. The zero-order valence-electron chi connectivity index (χ0n) is 7.32. The van der Waals surface area contributed by atoms with E-state index in [2.05, 4.69) is 4.98 Å². The summed E-state index contributed by atoms with van der Waals surface area (Å²) in [7, 11) is 0. The Bertz CT molecular complexity index is 407. The first-order valence-electron chi connectivity index (χ1n) is 4.02. The normalized spacial score (nSPS) is 10.2. The van der Waals surface area contributed by atoms with E-state index in [1.807, 2.05) is 36.0 Å². The number of rotatable bonds is 1. The molecule has 0 aliphatic rings. The molecule has 2 aromatic heterocycles. The van der Waals surface area contributed by atoms with Gasteiger partial charge in [-0.2, -0.15) is 11.3 Å². The van der Waals surface area contributed by atoms with Crippen LogP contribution in [0.5, 0.6) is 0 Å². The van der Waals surface area contributed by atoms with E-state index in [0.29, 0.717) is 0 Å². The molecule has 2 nitrogen and oxygen atoms in total. The van der Waals surface area contributed by atoms with Gasteiger partial charge in [-0.3, -0.25) is 4.98 Å². The summed E-state index contributed by atoms with van der Waals surface area (Å²) in [6.45, 7) is 1.99. The summed E-state index contributed by atoms with van der Waals surface area (Å²) in [5, 5.41) is 4.07. The van der Waals surface area contributed by atoms with Crippen molar-refractivity contribution in [3.8, 4) is 11.3 Å². The Morgan fingerprint density at radius 2 is 2.31 bits per heavy atom. The third-order valence-corrected chi connectivity index (χ3v) is 2.53. The molecule has 0 aliphatic heterocycles. The van der Waals surface area contributed by atoms with Gasteiger partial charge in [0, 0.05) is 17.1 Å². The summed E-state index contributed by atoms with van der Waals surface area (Å²) >= 11 is 1.65. The largest absolute Gasteiger partial charge is 0.397 e. The van der Waals surface area contributed by atoms with Gasteiger partial charge in [-0.05, 0) is 30.0 Å². The van der Waals surface area contributed by atoms with Crippen molar-refractivity contribution in [2.24, 2.45) is 0 Å². The molecule has 66 valence electrons. The second-order valence-electron chi connectivity index (χ2n) is 2.96. The van der Waals surface area contributed by atoms with E-state index in [4.69, 9.17) is 5.73 Å². The molecule has 0 atom stereocenters. The van der Waals surface area contributed by atoms with Crippen LogP contribution in [0.2, 0.25) is 0 Å². The number of nitrogen functional groups attached to an aromatic ring is 1. The van der Waals surface area contributed by atoms with E-state index in [0.717, 1.165) is 22.5 Å². The fourth-order valence-electron chi connectivity index (χ4n) is 1.23. The Morgan fingerprint density at radius 1 is 1.46 bits per heavy atom. The topological polar surface area (TPSA) is 38.9 Å². The smallest absolute Gasteiger partial charge is 0.0939 e. The molecule has 0 radical (unpaired) electrons. The first-order chi connectivity index (χ1) is 6.27. The average molecular weight is 190 g/mol. The summed E-state index contributed by atoms with van der Waals surface area (Å²) in [4.78, 5) is 4.30. The van der Waals surface area contributed by atoms with E-state index in [1.165, 1.54) is 0 Å². The highest BCUT2D eigenvalue weighted by Crippen LogP contribution is 2.25. The van der Waals surface area contributed by atoms with Gasteiger partial charge in [-0.15, -0.1) is 0 Å². The Hall–Kier alpha value is -1.35. The molecule has 2 aromatic rings. The quantitative estimate of drug-likeness (QED) is 0.751. The molecule has 0 spiro atoms. The van der Waals surface area contributed by atoms with Crippen LogP contribution in [0.4, 0.5) is 5.69 Å². The summed E-state index contributed by atoms with van der Waals surface area (Å²) in [5.41, 5.74) is 9.68. The Kier molecular flexibility index (Phi) is 2.02. The molecule has 2 N–H and O–H groups in total. The van der Waals surface area contributed by atoms with Crippen molar-refractivity contribution < 1.29 is 0 Å². The molecule has 3 heteroatoms. The van der Waals surface area contributed by atoms with E-state index in [-0.39, 0.29) is 0 Å². The first-order valence-corrected chi connectivity index (χ1v) is 4.96. The van der Waals surface area contributed by atoms with Crippen LogP contribution in [0.25, 0.3) is 11.3 Å². The van der Waals surface area contributed by atoms with E-state index in [1.54, 1.807) is 11.3 Å². The van der Waals surface area contributed by atoms with Gasteiger partial charge in [0.1, 0.15) is 0 Å². The highest BCUT2D eigenvalue weighted by Gasteiger charge is 2.03. The number of anilines is 1. The number of thiophene rings is 1. The van der Waals surface area contributed by atoms with E-state index >= 15 is 0 Å². The minimum Gasteiger partial charge on any atom is -0.397 e.